The van der Waals surface area contributed by atoms with Crippen molar-refractivity contribution < 1.29 is 4.79 Å². The van der Waals surface area contributed by atoms with Gasteiger partial charge in [0.05, 0.1) is 6.04 Å². The zero-order chi connectivity index (χ0) is 19.7. The van der Waals surface area contributed by atoms with E-state index in [1.54, 1.807) is 0 Å². The van der Waals surface area contributed by atoms with Gasteiger partial charge in [0.25, 0.3) is 5.91 Å². The van der Waals surface area contributed by atoms with Crippen LogP contribution in [0.25, 0.3) is 10.9 Å². The molecule has 1 aliphatic carbocycles. The maximum Gasteiger partial charge on any atom is 0.250 e. The fraction of sp³-hybridized carbons (Fsp3) is 0.560. The summed E-state index contributed by atoms with van der Waals surface area (Å²) in [5.74, 6) is 0.322. The van der Waals surface area contributed by atoms with Crippen molar-refractivity contribution in [3.8, 4) is 0 Å². The smallest absolute Gasteiger partial charge is 0.250 e. The molecule has 3 nitrogen and oxygen atoms in total. The zero-order valence-electron chi connectivity index (χ0n) is 17.8. The molecule has 4 rings (SSSR count). The lowest BCUT2D eigenvalue weighted by molar-refractivity contribution is -0.127. The van der Waals surface area contributed by atoms with Gasteiger partial charge in [-0.1, -0.05) is 50.8 Å². The van der Waals surface area contributed by atoms with Gasteiger partial charge in [-0.3, -0.25) is 4.79 Å². The maximum atomic E-state index is 13.4. The van der Waals surface area contributed by atoms with Crippen molar-refractivity contribution in [2.75, 3.05) is 6.54 Å². The van der Waals surface area contributed by atoms with Gasteiger partial charge in [-0.05, 0) is 50.7 Å². The molecule has 1 aromatic heterocycles. The van der Waals surface area contributed by atoms with E-state index in [1.807, 2.05) is 0 Å². The normalized spacial score (nSPS) is 19.8. The third-order valence-electron chi connectivity index (χ3n) is 6.90. The molecule has 0 saturated heterocycles. The summed E-state index contributed by atoms with van der Waals surface area (Å²) in [4.78, 5) is 15.6. The standard InChI is InChI=1S/C25H34N2O/c1-4-5-6-7-12-17-27-24(19-13-8-9-14-20(19)25(27)28)23-18(2)26(3)22-16-11-10-15-21(22)23/h10-11,15-16,24H,4-9,12-14,17H2,1-3H3. The number of aromatic nitrogens is 1. The van der Waals surface area contributed by atoms with Crippen molar-refractivity contribution in [3.63, 3.8) is 0 Å². The molecule has 0 N–H and O–H groups in total. The lowest BCUT2D eigenvalue weighted by atomic mass is 9.87. The minimum Gasteiger partial charge on any atom is -0.348 e. The average molecular weight is 379 g/mol. The lowest BCUT2D eigenvalue weighted by Gasteiger charge is -2.28. The predicted molar refractivity (Wildman–Crippen MR) is 116 cm³/mol. The SMILES string of the molecule is CCCCCCCN1C(=O)C2=C(CCCC2)C1c1c(C)n(C)c2ccccc12. The van der Waals surface area contributed by atoms with E-state index in [0.717, 1.165) is 37.8 Å². The zero-order valence-corrected chi connectivity index (χ0v) is 17.8. The predicted octanol–water partition coefficient (Wildman–Crippen LogP) is 6.21. The average Bonchev–Trinajstić information content (AvgIpc) is 3.13. The summed E-state index contributed by atoms with van der Waals surface area (Å²) < 4.78 is 2.30. The van der Waals surface area contributed by atoms with Crippen LogP contribution in [-0.2, 0) is 11.8 Å². The molecule has 150 valence electrons. The monoisotopic (exact) mass is 378 g/mol. The molecule has 0 saturated carbocycles. The minimum absolute atomic E-state index is 0.153. The van der Waals surface area contributed by atoms with Gasteiger partial charge in [0, 0.05) is 41.3 Å². The lowest BCUT2D eigenvalue weighted by Crippen LogP contribution is -2.31. The Morgan fingerprint density at radius 3 is 2.61 bits per heavy atom. The number of unbranched alkanes of at least 4 members (excludes halogenated alkanes) is 4. The Morgan fingerprint density at radius 2 is 1.79 bits per heavy atom. The van der Waals surface area contributed by atoms with Gasteiger partial charge < -0.3 is 9.47 Å². The van der Waals surface area contributed by atoms with Crippen LogP contribution in [0.3, 0.4) is 0 Å². The molecule has 1 unspecified atom stereocenters. The Kier molecular flexibility index (Phi) is 5.61. The first-order valence-corrected chi connectivity index (χ1v) is 11.2. The summed E-state index contributed by atoms with van der Waals surface area (Å²) in [5.41, 5.74) is 6.50. The van der Waals surface area contributed by atoms with E-state index in [9.17, 15) is 4.79 Å². The van der Waals surface area contributed by atoms with Crippen LogP contribution in [0.4, 0.5) is 0 Å². The summed E-state index contributed by atoms with van der Waals surface area (Å²) in [6, 6.07) is 8.84. The van der Waals surface area contributed by atoms with E-state index >= 15 is 0 Å². The van der Waals surface area contributed by atoms with Crippen LogP contribution in [0.1, 0.15) is 82.0 Å². The molecule has 0 spiro atoms. The van der Waals surface area contributed by atoms with E-state index in [-0.39, 0.29) is 6.04 Å². The minimum atomic E-state index is 0.153. The number of aryl methyl sites for hydroxylation is 1. The van der Waals surface area contributed by atoms with Crippen molar-refractivity contribution >= 4 is 16.8 Å². The maximum absolute atomic E-state index is 13.4. The highest BCUT2D eigenvalue weighted by Gasteiger charge is 2.41. The highest BCUT2D eigenvalue weighted by Crippen LogP contribution is 2.47. The Hall–Kier alpha value is -2.03. The van der Waals surface area contributed by atoms with Gasteiger partial charge in [-0.2, -0.15) is 0 Å². The molecule has 2 aliphatic rings. The largest absolute Gasteiger partial charge is 0.348 e. The number of para-hydroxylation sites is 1. The van der Waals surface area contributed by atoms with Crippen LogP contribution >= 0.6 is 0 Å². The molecule has 2 heterocycles. The van der Waals surface area contributed by atoms with Crippen LogP contribution in [-0.4, -0.2) is 21.9 Å². The summed E-state index contributed by atoms with van der Waals surface area (Å²) in [6.45, 7) is 5.37. The second-order valence-electron chi connectivity index (χ2n) is 8.60. The number of rotatable bonds is 7. The molecule has 1 aliphatic heterocycles. The molecule has 3 heteroatoms. The van der Waals surface area contributed by atoms with Gasteiger partial charge in [0.1, 0.15) is 0 Å². The number of fused-ring (bicyclic) bond motifs is 1. The van der Waals surface area contributed by atoms with Crippen molar-refractivity contribution in [1.82, 2.24) is 9.47 Å². The Bertz CT molecular complexity index is 905. The van der Waals surface area contributed by atoms with Crippen molar-refractivity contribution in [2.24, 2.45) is 7.05 Å². The van der Waals surface area contributed by atoms with Crippen LogP contribution in [0, 0.1) is 6.92 Å². The number of benzene rings is 1. The quantitative estimate of drug-likeness (QED) is 0.526. The Labute approximate surface area is 169 Å². The Morgan fingerprint density at radius 1 is 1.04 bits per heavy atom. The fourth-order valence-electron chi connectivity index (χ4n) is 5.30. The van der Waals surface area contributed by atoms with E-state index in [4.69, 9.17) is 0 Å². The molecular weight excluding hydrogens is 344 g/mol. The second-order valence-corrected chi connectivity index (χ2v) is 8.60. The van der Waals surface area contributed by atoms with Crippen LogP contribution in [0.15, 0.2) is 35.4 Å². The number of carbonyl (C=O) groups is 1. The summed E-state index contributed by atoms with van der Waals surface area (Å²) in [5, 5.41) is 1.32. The molecule has 0 radical (unpaired) electrons. The molecule has 1 aromatic carbocycles. The topological polar surface area (TPSA) is 25.2 Å². The van der Waals surface area contributed by atoms with E-state index in [1.165, 1.54) is 59.8 Å². The van der Waals surface area contributed by atoms with E-state index in [2.05, 4.69) is 54.6 Å². The van der Waals surface area contributed by atoms with Crippen molar-refractivity contribution in [3.05, 3.63) is 46.7 Å². The number of hydrogen-bond donors (Lipinski definition) is 0. The number of hydrogen-bond acceptors (Lipinski definition) is 1. The first-order chi connectivity index (χ1) is 13.6. The van der Waals surface area contributed by atoms with E-state index < -0.39 is 0 Å². The molecule has 1 atom stereocenters. The highest BCUT2D eigenvalue weighted by atomic mass is 16.2. The summed E-state index contributed by atoms with van der Waals surface area (Å²) in [6.07, 6.45) is 10.6. The number of nitrogens with zero attached hydrogens (tertiary/aromatic N) is 2. The molecule has 2 aromatic rings. The van der Waals surface area contributed by atoms with Crippen molar-refractivity contribution in [2.45, 2.75) is 77.7 Å². The highest BCUT2D eigenvalue weighted by molar-refractivity contribution is 5.99. The second kappa shape index (κ2) is 8.14. The molecular formula is C25H34N2O. The van der Waals surface area contributed by atoms with Crippen LogP contribution in [0.2, 0.25) is 0 Å². The third kappa shape index (κ3) is 3.19. The van der Waals surface area contributed by atoms with Crippen LogP contribution in [0.5, 0.6) is 0 Å². The first-order valence-electron chi connectivity index (χ1n) is 11.2. The van der Waals surface area contributed by atoms with Gasteiger partial charge in [-0.15, -0.1) is 0 Å². The van der Waals surface area contributed by atoms with Gasteiger partial charge in [0.15, 0.2) is 0 Å². The third-order valence-corrected chi connectivity index (χ3v) is 6.90. The summed E-state index contributed by atoms with van der Waals surface area (Å²) >= 11 is 0. The fourth-order valence-corrected chi connectivity index (χ4v) is 5.30. The summed E-state index contributed by atoms with van der Waals surface area (Å²) in [7, 11) is 2.16. The molecule has 28 heavy (non-hydrogen) atoms. The van der Waals surface area contributed by atoms with Gasteiger partial charge in [-0.25, -0.2) is 0 Å². The Balaban J connectivity index is 1.72. The number of carbonyl (C=O) groups excluding carboxylic acids is 1. The van der Waals surface area contributed by atoms with E-state index in [0.29, 0.717) is 5.91 Å². The first kappa shape index (κ1) is 19.3. The molecule has 1 amide bonds. The van der Waals surface area contributed by atoms with Gasteiger partial charge >= 0.3 is 0 Å². The molecule has 0 bridgehead atoms. The van der Waals surface area contributed by atoms with Crippen molar-refractivity contribution in [1.29, 1.82) is 0 Å². The molecule has 0 fully saturated rings. The van der Waals surface area contributed by atoms with Gasteiger partial charge in [0.2, 0.25) is 0 Å². The van der Waals surface area contributed by atoms with Crippen LogP contribution < -0.4 is 0 Å². The number of amides is 1.